The van der Waals surface area contributed by atoms with Crippen LogP contribution in [0.4, 0.5) is 18.9 Å². The van der Waals surface area contributed by atoms with Gasteiger partial charge in [-0.2, -0.15) is 18.3 Å². The minimum absolute atomic E-state index is 0.275. The molecule has 0 saturated carbocycles. The molecule has 2 aromatic carbocycles. The minimum Gasteiger partial charge on any atom is -0.271 e. The van der Waals surface area contributed by atoms with Crippen molar-refractivity contribution in [2.45, 2.75) is 6.18 Å². The van der Waals surface area contributed by atoms with Crippen LogP contribution < -0.4 is 9.73 Å². The first-order valence-electron chi connectivity index (χ1n) is 7.80. The fraction of sp³-hybridized carbons (Fsp3) is 0.176. The Hall–Kier alpha value is -2.30. The summed E-state index contributed by atoms with van der Waals surface area (Å²) in [7, 11) is -4.05. The molecule has 6 nitrogen and oxygen atoms in total. The molecule has 0 fully saturated rings. The standard InChI is InChI=1S/C17H14Cl2F3N3O3S/c1-29(27,28)25(14-4-2-3-12(7-14)17(20,21)22)10-16(26)24-23-9-11-5-6-13(18)8-15(11)19/h2-9H,10H2,1H3,(H,24,26)/b23-9-. The third-order valence-electron chi connectivity index (χ3n) is 3.50. The van der Waals surface area contributed by atoms with Crippen LogP contribution in [0.25, 0.3) is 0 Å². The van der Waals surface area contributed by atoms with E-state index in [0.717, 1.165) is 24.5 Å². The Kier molecular flexibility index (Phi) is 7.15. The predicted octanol–water partition coefficient (Wildman–Crippen LogP) is 3.93. The molecule has 0 aliphatic heterocycles. The van der Waals surface area contributed by atoms with E-state index in [2.05, 4.69) is 10.5 Å². The second-order valence-electron chi connectivity index (χ2n) is 5.78. The van der Waals surface area contributed by atoms with E-state index in [1.54, 1.807) is 12.1 Å². The van der Waals surface area contributed by atoms with Gasteiger partial charge in [0.05, 0.1) is 28.7 Å². The fourth-order valence-corrected chi connectivity index (χ4v) is 3.49. The summed E-state index contributed by atoms with van der Waals surface area (Å²) in [4.78, 5) is 12.1. The van der Waals surface area contributed by atoms with Crippen molar-refractivity contribution in [3.8, 4) is 0 Å². The van der Waals surface area contributed by atoms with Crippen molar-refractivity contribution in [3.63, 3.8) is 0 Å². The molecule has 0 spiro atoms. The Morgan fingerprint density at radius 2 is 1.90 bits per heavy atom. The third kappa shape index (κ3) is 6.62. The maximum atomic E-state index is 12.9. The molecule has 0 aromatic heterocycles. The number of nitrogens with one attached hydrogen (secondary N) is 1. The average molecular weight is 468 g/mol. The quantitative estimate of drug-likeness (QED) is 0.516. The van der Waals surface area contributed by atoms with Crippen LogP contribution in [0.15, 0.2) is 47.6 Å². The molecule has 0 saturated heterocycles. The highest BCUT2D eigenvalue weighted by atomic mass is 35.5. The van der Waals surface area contributed by atoms with Crippen molar-refractivity contribution >= 4 is 51.0 Å². The Morgan fingerprint density at radius 1 is 1.21 bits per heavy atom. The average Bonchev–Trinajstić information content (AvgIpc) is 2.60. The van der Waals surface area contributed by atoms with Crippen LogP contribution in [-0.4, -0.2) is 33.3 Å². The van der Waals surface area contributed by atoms with Crippen LogP contribution in [0, 0.1) is 0 Å². The number of carbonyl (C=O) groups excluding carboxylic acids is 1. The first-order valence-corrected chi connectivity index (χ1v) is 10.4. The van der Waals surface area contributed by atoms with Gasteiger partial charge in [0.2, 0.25) is 10.0 Å². The van der Waals surface area contributed by atoms with Crippen LogP contribution in [0.2, 0.25) is 10.0 Å². The molecular formula is C17H14Cl2F3N3O3S. The molecule has 29 heavy (non-hydrogen) atoms. The van der Waals surface area contributed by atoms with E-state index in [1.807, 2.05) is 0 Å². The zero-order valence-corrected chi connectivity index (χ0v) is 17.1. The first-order chi connectivity index (χ1) is 13.4. The molecule has 0 atom stereocenters. The molecule has 0 aliphatic rings. The Labute approximate surface area is 175 Å². The predicted molar refractivity (Wildman–Crippen MR) is 106 cm³/mol. The lowest BCUT2D eigenvalue weighted by Crippen LogP contribution is -2.39. The van der Waals surface area contributed by atoms with Gasteiger partial charge >= 0.3 is 6.18 Å². The van der Waals surface area contributed by atoms with Gasteiger partial charge in [-0.25, -0.2) is 13.8 Å². The molecule has 0 heterocycles. The van der Waals surface area contributed by atoms with Gasteiger partial charge in [-0.15, -0.1) is 0 Å². The normalized spacial score (nSPS) is 12.2. The summed E-state index contributed by atoms with van der Waals surface area (Å²) in [6.07, 6.45) is -2.67. The molecule has 1 N–H and O–H groups in total. The molecule has 2 aromatic rings. The van der Waals surface area contributed by atoms with Crippen molar-refractivity contribution < 1.29 is 26.4 Å². The highest BCUT2D eigenvalue weighted by Gasteiger charge is 2.31. The van der Waals surface area contributed by atoms with E-state index < -0.39 is 34.2 Å². The number of hydrogen-bond donors (Lipinski definition) is 1. The topological polar surface area (TPSA) is 78.8 Å². The van der Waals surface area contributed by atoms with Crippen molar-refractivity contribution in [2.75, 3.05) is 17.1 Å². The number of hydrazone groups is 1. The van der Waals surface area contributed by atoms with Crippen molar-refractivity contribution in [1.82, 2.24) is 5.43 Å². The largest absolute Gasteiger partial charge is 0.416 e. The van der Waals surface area contributed by atoms with Crippen molar-refractivity contribution in [3.05, 3.63) is 63.6 Å². The van der Waals surface area contributed by atoms with E-state index >= 15 is 0 Å². The maximum absolute atomic E-state index is 12.9. The van der Waals surface area contributed by atoms with Crippen molar-refractivity contribution in [2.24, 2.45) is 5.10 Å². The zero-order valence-electron chi connectivity index (χ0n) is 14.7. The summed E-state index contributed by atoms with van der Waals surface area (Å²) < 4.78 is 63.2. The molecule has 156 valence electrons. The number of anilines is 1. The first kappa shape index (κ1) is 23.0. The second-order valence-corrected chi connectivity index (χ2v) is 8.53. The summed E-state index contributed by atoms with van der Waals surface area (Å²) in [5, 5.41) is 4.34. The zero-order chi connectivity index (χ0) is 21.8. The lowest BCUT2D eigenvalue weighted by atomic mass is 10.2. The summed E-state index contributed by atoms with van der Waals surface area (Å²) in [6.45, 7) is -0.772. The number of alkyl halides is 3. The van der Waals surface area contributed by atoms with Crippen LogP contribution in [0.5, 0.6) is 0 Å². The van der Waals surface area contributed by atoms with Gasteiger partial charge < -0.3 is 0 Å². The number of nitrogens with zero attached hydrogens (tertiary/aromatic N) is 2. The molecule has 0 radical (unpaired) electrons. The van der Waals surface area contributed by atoms with Gasteiger partial charge in [0, 0.05) is 10.6 Å². The van der Waals surface area contributed by atoms with E-state index in [4.69, 9.17) is 23.2 Å². The van der Waals surface area contributed by atoms with Crippen molar-refractivity contribution in [1.29, 1.82) is 0 Å². The summed E-state index contributed by atoms with van der Waals surface area (Å²) in [5.74, 6) is -0.867. The number of carbonyl (C=O) groups is 1. The molecule has 12 heteroatoms. The SMILES string of the molecule is CS(=O)(=O)N(CC(=O)N/N=C\c1ccc(Cl)cc1Cl)c1cccc(C(F)(F)F)c1. The minimum atomic E-state index is -4.66. The van der Waals surface area contributed by atoms with Crippen LogP contribution in [0.1, 0.15) is 11.1 Å². The summed E-state index contributed by atoms with van der Waals surface area (Å²) in [6, 6.07) is 8.21. The van der Waals surface area contributed by atoms with Crippen LogP contribution >= 0.6 is 23.2 Å². The maximum Gasteiger partial charge on any atom is 0.416 e. The number of amides is 1. The summed E-state index contributed by atoms with van der Waals surface area (Å²) in [5.41, 5.74) is 1.19. The molecule has 1 amide bonds. The Bertz CT molecular complexity index is 1040. The van der Waals surface area contributed by atoms with E-state index in [1.165, 1.54) is 12.3 Å². The highest BCUT2D eigenvalue weighted by Crippen LogP contribution is 2.32. The van der Waals surface area contributed by atoms with Crippen LogP contribution in [0.3, 0.4) is 0 Å². The number of halogens is 5. The number of benzene rings is 2. The third-order valence-corrected chi connectivity index (χ3v) is 5.21. The van der Waals surface area contributed by atoms with E-state index in [9.17, 15) is 26.4 Å². The molecular weight excluding hydrogens is 454 g/mol. The lowest BCUT2D eigenvalue weighted by Gasteiger charge is -2.22. The molecule has 0 unspecified atom stereocenters. The molecule has 2 rings (SSSR count). The van der Waals surface area contributed by atoms with Gasteiger partial charge in [-0.05, 0) is 30.3 Å². The van der Waals surface area contributed by atoms with Crippen LogP contribution in [-0.2, 0) is 21.0 Å². The molecule has 0 aliphatic carbocycles. The van der Waals surface area contributed by atoms with Gasteiger partial charge in [-0.1, -0.05) is 35.3 Å². The Balaban J connectivity index is 2.17. The van der Waals surface area contributed by atoms with Gasteiger partial charge in [0.1, 0.15) is 6.54 Å². The number of hydrogen-bond acceptors (Lipinski definition) is 4. The monoisotopic (exact) mass is 467 g/mol. The Morgan fingerprint density at radius 3 is 2.48 bits per heavy atom. The number of sulfonamides is 1. The highest BCUT2D eigenvalue weighted by molar-refractivity contribution is 7.92. The number of rotatable bonds is 6. The fourth-order valence-electron chi connectivity index (χ4n) is 2.18. The van der Waals surface area contributed by atoms with E-state index in [-0.39, 0.29) is 10.7 Å². The van der Waals surface area contributed by atoms with Gasteiger partial charge in [-0.3, -0.25) is 9.10 Å². The smallest absolute Gasteiger partial charge is 0.271 e. The lowest BCUT2D eigenvalue weighted by molar-refractivity contribution is -0.137. The second kappa shape index (κ2) is 9.02. The molecule has 0 bridgehead atoms. The van der Waals surface area contributed by atoms with E-state index in [0.29, 0.717) is 21.0 Å². The van der Waals surface area contributed by atoms with Gasteiger partial charge in [0.25, 0.3) is 5.91 Å². The van der Waals surface area contributed by atoms with Gasteiger partial charge in [0.15, 0.2) is 0 Å². The summed E-state index contributed by atoms with van der Waals surface area (Å²) >= 11 is 11.7.